The van der Waals surface area contributed by atoms with E-state index in [1.54, 1.807) is 0 Å². The van der Waals surface area contributed by atoms with E-state index in [4.69, 9.17) is 10.5 Å². The van der Waals surface area contributed by atoms with Gasteiger partial charge in [0.2, 0.25) is 0 Å². The van der Waals surface area contributed by atoms with E-state index < -0.39 is 0 Å². The van der Waals surface area contributed by atoms with Gasteiger partial charge in [-0.1, -0.05) is 0 Å². The Balaban J connectivity index is 2.41. The number of ether oxygens (including phenoxy) is 1. The van der Waals surface area contributed by atoms with Crippen LogP contribution in [0.3, 0.4) is 0 Å². The SMILES string of the molecule is CC1(C)COCC(N)CN1. The first-order valence-corrected chi connectivity index (χ1v) is 3.68. The maximum Gasteiger partial charge on any atom is 0.0643 e. The number of rotatable bonds is 0. The number of nitrogens with two attached hydrogens (primary N) is 1. The molecule has 1 heterocycles. The van der Waals surface area contributed by atoms with Crippen LogP contribution in [0.2, 0.25) is 0 Å². The van der Waals surface area contributed by atoms with Crippen LogP contribution in [0, 0.1) is 0 Å². The van der Waals surface area contributed by atoms with E-state index >= 15 is 0 Å². The van der Waals surface area contributed by atoms with Gasteiger partial charge in [-0.15, -0.1) is 0 Å². The maximum absolute atomic E-state index is 5.67. The van der Waals surface area contributed by atoms with E-state index in [9.17, 15) is 0 Å². The minimum absolute atomic E-state index is 0.0914. The van der Waals surface area contributed by atoms with Crippen molar-refractivity contribution >= 4 is 0 Å². The lowest BCUT2D eigenvalue weighted by Crippen LogP contribution is -2.45. The van der Waals surface area contributed by atoms with Gasteiger partial charge in [-0.25, -0.2) is 0 Å². The third kappa shape index (κ3) is 2.25. The van der Waals surface area contributed by atoms with Crippen LogP contribution in [0.4, 0.5) is 0 Å². The zero-order chi connectivity index (χ0) is 7.61. The van der Waals surface area contributed by atoms with Crippen LogP contribution >= 0.6 is 0 Å². The fraction of sp³-hybridized carbons (Fsp3) is 1.00. The zero-order valence-corrected chi connectivity index (χ0v) is 6.68. The molecule has 0 saturated carbocycles. The number of nitrogens with one attached hydrogen (secondary N) is 1. The lowest BCUT2D eigenvalue weighted by atomic mass is 10.1. The van der Waals surface area contributed by atoms with Crippen molar-refractivity contribution in [3.63, 3.8) is 0 Å². The van der Waals surface area contributed by atoms with Crippen molar-refractivity contribution in [3.8, 4) is 0 Å². The molecule has 1 aliphatic heterocycles. The van der Waals surface area contributed by atoms with Crippen LogP contribution in [0.5, 0.6) is 0 Å². The molecular formula is C7H16N2O. The summed E-state index contributed by atoms with van der Waals surface area (Å²) in [6, 6.07) is 0.154. The van der Waals surface area contributed by atoms with Gasteiger partial charge < -0.3 is 15.8 Å². The summed E-state index contributed by atoms with van der Waals surface area (Å²) in [7, 11) is 0. The van der Waals surface area contributed by atoms with E-state index in [0.29, 0.717) is 6.61 Å². The molecule has 1 aliphatic rings. The summed E-state index contributed by atoms with van der Waals surface area (Å²) in [5.41, 5.74) is 5.76. The maximum atomic E-state index is 5.67. The van der Waals surface area contributed by atoms with E-state index in [0.717, 1.165) is 13.2 Å². The van der Waals surface area contributed by atoms with Crippen LogP contribution in [-0.4, -0.2) is 31.3 Å². The van der Waals surface area contributed by atoms with Crippen molar-refractivity contribution in [2.45, 2.75) is 25.4 Å². The Labute approximate surface area is 61.9 Å². The summed E-state index contributed by atoms with van der Waals surface area (Å²) >= 11 is 0. The van der Waals surface area contributed by atoms with Crippen molar-refractivity contribution in [2.75, 3.05) is 19.8 Å². The van der Waals surface area contributed by atoms with Gasteiger partial charge in [-0.05, 0) is 13.8 Å². The molecule has 0 aromatic carbocycles. The molecule has 0 bridgehead atoms. The molecule has 1 rings (SSSR count). The van der Waals surface area contributed by atoms with Crippen molar-refractivity contribution < 1.29 is 4.74 Å². The van der Waals surface area contributed by atoms with Crippen LogP contribution < -0.4 is 11.1 Å². The minimum atomic E-state index is 0.0914. The molecule has 0 aromatic rings. The zero-order valence-electron chi connectivity index (χ0n) is 6.68. The van der Waals surface area contributed by atoms with Gasteiger partial charge in [0.1, 0.15) is 0 Å². The van der Waals surface area contributed by atoms with E-state index in [2.05, 4.69) is 19.2 Å². The highest BCUT2D eigenvalue weighted by atomic mass is 16.5. The second-order valence-corrected chi connectivity index (χ2v) is 3.54. The first-order chi connectivity index (χ1) is 4.60. The van der Waals surface area contributed by atoms with Crippen LogP contribution in [0.25, 0.3) is 0 Å². The van der Waals surface area contributed by atoms with Crippen LogP contribution in [0.1, 0.15) is 13.8 Å². The Morgan fingerprint density at radius 1 is 1.60 bits per heavy atom. The standard InChI is InChI=1S/C7H16N2O/c1-7(2)5-10-4-6(8)3-9-7/h6,9H,3-5,8H2,1-2H3. The summed E-state index contributed by atoms with van der Waals surface area (Å²) in [6.07, 6.45) is 0. The van der Waals surface area contributed by atoms with Gasteiger partial charge in [-0.3, -0.25) is 0 Å². The molecule has 10 heavy (non-hydrogen) atoms. The van der Waals surface area contributed by atoms with Gasteiger partial charge in [0, 0.05) is 18.1 Å². The van der Waals surface area contributed by atoms with E-state index in [1.165, 1.54) is 0 Å². The monoisotopic (exact) mass is 144 g/mol. The third-order valence-corrected chi connectivity index (χ3v) is 1.64. The normalized spacial score (nSPS) is 33.3. The molecule has 1 atom stereocenters. The summed E-state index contributed by atoms with van der Waals surface area (Å²) < 4.78 is 5.33. The van der Waals surface area contributed by atoms with Gasteiger partial charge in [0.25, 0.3) is 0 Å². The van der Waals surface area contributed by atoms with Gasteiger partial charge in [0.15, 0.2) is 0 Å². The minimum Gasteiger partial charge on any atom is -0.378 e. The Morgan fingerprint density at radius 2 is 2.30 bits per heavy atom. The van der Waals surface area contributed by atoms with E-state index in [1.807, 2.05) is 0 Å². The Bertz CT molecular complexity index is 114. The topological polar surface area (TPSA) is 47.3 Å². The van der Waals surface area contributed by atoms with Gasteiger partial charge in [0.05, 0.1) is 13.2 Å². The fourth-order valence-electron chi connectivity index (χ4n) is 0.983. The van der Waals surface area contributed by atoms with Gasteiger partial charge >= 0.3 is 0 Å². The smallest absolute Gasteiger partial charge is 0.0643 e. The highest BCUT2D eigenvalue weighted by Crippen LogP contribution is 2.05. The summed E-state index contributed by atoms with van der Waals surface area (Å²) in [5.74, 6) is 0. The average molecular weight is 144 g/mol. The summed E-state index contributed by atoms with van der Waals surface area (Å²) in [4.78, 5) is 0. The first-order valence-electron chi connectivity index (χ1n) is 3.68. The second-order valence-electron chi connectivity index (χ2n) is 3.54. The molecule has 60 valence electrons. The van der Waals surface area contributed by atoms with Crippen molar-refractivity contribution in [3.05, 3.63) is 0 Å². The molecule has 0 aliphatic carbocycles. The number of hydrogen-bond donors (Lipinski definition) is 2. The summed E-state index contributed by atoms with van der Waals surface area (Å²) in [5, 5.41) is 3.32. The van der Waals surface area contributed by atoms with Crippen molar-refractivity contribution in [2.24, 2.45) is 5.73 Å². The second kappa shape index (κ2) is 2.86. The van der Waals surface area contributed by atoms with Gasteiger partial charge in [-0.2, -0.15) is 0 Å². The van der Waals surface area contributed by atoms with E-state index in [-0.39, 0.29) is 11.6 Å². The van der Waals surface area contributed by atoms with Crippen molar-refractivity contribution in [1.82, 2.24) is 5.32 Å². The van der Waals surface area contributed by atoms with Crippen LogP contribution in [-0.2, 0) is 4.74 Å². The molecule has 0 radical (unpaired) electrons. The largest absolute Gasteiger partial charge is 0.378 e. The van der Waals surface area contributed by atoms with Crippen molar-refractivity contribution in [1.29, 1.82) is 0 Å². The fourth-order valence-corrected chi connectivity index (χ4v) is 0.983. The third-order valence-electron chi connectivity index (χ3n) is 1.64. The molecule has 1 fully saturated rings. The quantitative estimate of drug-likeness (QED) is 0.491. The average Bonchev–Trinajstić information content (AvgIpc) is 1.94. The Morgan fingerprint density at radius 3 is 3.00 bits per heavy atom. The predicted octanol–water partition coefficient (Wildman–Crippen LogP) is -0.288. The lowest BCUT2D eigenvalue weighted by molar-refractivity contribution is 0.101. The van der Waals surface area contributed by atoms with Crippen LogP contribution in [0.15, 0.2) is 0 Å². The molecule has 0 aromatic heterocycles. The predicted molar refractivity (Wildman–Crippen MR) is 40.9 cm³/mol. The molecule has 0 spiro atoms. The molecule has 1 unspecified atom stereocenters. The molecule has 0 amide bonds. The highest BCUT2D eigenvalue weighted by Gasteiger charge is 2.21. The summed E-state index contributed by atoms with van der Waals surface area (Å²) in [6.45, 7) is 6.51. The number of hydrogen-bond acceptors (Lipinski definition) is 3. The molecule has 1 saturated heterocycles. The molecular weight excluding hydrogens is 128 g/mol. The molecule has 3 nitrogen and oxygen atoms in total. The Kier molecular flexibility index (Phi) is 2.28. The first kappa shape index (κ1) is 7.98. The molecule has 3 N–H and O–H groups in total. The lowest BCUT2D eigenvalue weighted by Gasteiger charge is -2.22. The Hall–Kier alpha value is -0.120. The molecule has 3 heteroatoms. The highest BCUT2D eigenvalue weighted by molar-refractivity contribution is 4.82.